The maximum Gasteiger partial charge on any atom is 0.211 e. The molecule has 88 valence electrons. The zero-order chi connectivity index (χ0) is 12.4. The molecular formula is C14H12N4. The summed E-state index contributed by atoms with van der Waals surface area (Å²) in [4.78, 5) is 0. The summed E-state index contributed by atoms with van der Waals surface area (Å²) >= 11 is 0. The SMILES string of the molecule is Cc1ccc(-c2ccccc2)c(C2N=NN=N2)c1. The van der Waals surface area contributed by atoms with Crippen LogP contribution >= 0.6 is 0 Å². The van der Waals surface area contributed by atoms with Gasteiger partial charge in [-0.1, -0.05) is 54.1 Å². The fourth-order valence-electron chi connectivity index (χ4n) is 2.07. The van der Waals surface area contributed by atoms with Crippen molar-refractivity contribution in [2.24, 2.45) is 20.7 Å². The minimum absolute atomic E-state index is 0.305. The summed E-state index contributed by atoms with van der Waals surface area (Å²) in [6, 6.07) is 16.5. The molecule has 3 rings (SSSR count). The predicted octanol–water partition coefficient (Wildman–Crippen LogP) is 4.49. The van der Waals surface area contributed by atoms with Crippen LogP contribution in [0.25, 0.3) is 11.1 Å². The highest BCUT2D eigenvalue weighted by Gasteiger charge is 2.17. The van der Waals surface area contributed by atoms with E-state index in [1.165, 1.54) is 5.56 Å². The fraction of sp³-hybridized carbons (Fsp3) is 0.143. The third-order valence-corrected chi connectivity index (χ3v) is 2.93. The van der Waals surface area contributed by atoms with Gasteiger partial charge in [0.25, 0.3) is 0 Å². The Hall–Kier alpha value is -2.36. The molecule has 0 aromatic heterocycles. The first-order chi connectivity index (χ1) is 8.84. The molecule has 2 aromatic carbocycles. The van der Waals surface area contributed by atoms with Crippen LogP contribution in [0, 0.1) is 6.92 Å². The second-order valence-corrected chi connectivity index (χ2v) is 4.24. The molecule has 18 heavy (non-hydrogen) atoms. The van der Waals surface area contributed by atoms with E-state index in [4.69, 9.17) is 0 Å². The van der Waals surface area contributed by atoms with Crippen molar-refractivity contribution in [3.63, 3.8) is 0 Å². The highest BCUT2D eigenvalue weighted by atomic mass is 15.6. The van der Waals surface area contributed by atoms with Crippen LogP contribution in [0.15, 0.2) is 69.2 Å². The molecule has 0 unspecified atom stereocenters. The van der Waals surface area contributed by atoms with Crippen molar-refractivity contribution >= 4 is 0 Å². The van der Waals surface area contributed by atoms with Crippen molar-refractivity contribution in [3.05, 3.63) is 59.7 Å². The van der Waals surface area contributed by atoms with Gasteiger partial charge < -0.3 is 0 Å². The number of aryl methyl sites for hydroxylation is 1. The van der Waals surface area contributed by atoms with Gasteiger partial charge in [0.15, 0.2) is 0 Å². The Balaban J connectivity index is 2.14. The highest BCUT2D eigenvalue weighted by Crippen LogP contribution is 2.33. The molecule has 4 nitrogen and oxygen atoms in total. The van der Waals surface area contributed by atoms with Gasteiger partial charge in [0, 0.05) is 5.56 Å². The van der Waals surface area contributed by atoms with Crippen molar-refractivity contribution in [2.45, 2.75) is 13.1 Å². The average Bonchev–Trinajstić information content (AvgIpc) is 2.93. The number of rotatable bonds is 2. The second kappa shape index (κ2) is 4.49. The Bertz CT molecular complexity index is 605. The normalized spacial score (nSPS) is 14.3. The van der Waals surface area contributed by atoms with Crippen LogP contribution in [0.4, 0.5) is 0 Å². The van der Waals surface area contributed by atoms with Crippen LogP contribution in [0.2, 0.25) is 0 Å². The third-order valence-electron chi connectivity index (χ3n) is 2.93. The van der Waals surface area contributed by atoms with Gasteiger partial charge in [-0.15, -0.1) is 10.2 Å². The number of benzene rings is 2. The minimum atomic E-state index is -0.305. The summed E-state index contributed by atoms with van der Waals surface area (Å²) in [5, 5.41) is 15.2. The van der Waals surface area contributed by atoms with E-state index < -0.39 is 0 Å². The van der Waals surface area contributed by atoms with Crippen LogP contribution < -0.4 is 0 Å². The van der Waals surface area contributed by atoms with E-state index in [1.54, 1.807) is 0 Å². The summed E-state index contributed by atoms with van der Waals surface area (Å²) < 4.78 is 0. The molecule has 0 spiro atoms. The number of nitrogens with zero attached hydrogens (tertiary/aromatic N) is 4. The molecule has 1 aliphatic heterocycles. The van der Waals surface area contributed by atoms with Crippen molar-refractivity contribution in [1.82, 2.24) is 0 Å². The Morgan fingerprint density at radius 1 is 0.889 bits per heavy atom. The van der Waals surface area contributed by atoms with Crippen LogP contribution in [-0.2, 0) is 0 Å². The first kappa shape index (κ1) is 10.8. The quantitative estimate of drug-likeness (QED) is 0.737. The van der Waals surface area contributed by atoms with E-state index in [-0.39, 0.29) is 6.17 Å². The van der Waals surface area contributed by atoms with E-state index in [0.29, 0.717) is 0 Å². The molecule has 0 saturated carbocycles. The van der Waals surface area contributed by atoms with E-state index >= 15 is 0 Å². The van der Waals surface area contributed by atoms with E-state index in [2.05, 4.69) is 57.9 Å². The van der Waals surface area contributed by atoms with Crippen LogP contribution in [0.5, 0.6) is 0 Å². The second-order valence-electron chi connectivity index (χ2n) is 4.24. The third kappa shape index (κ3) is 1.93. The maximum absolute atomic E-state index is 4.02. The first-order valence-electron chi connectivity index (χ1n) is 5.80. The Kier molecular flexibility index (Phi) is 2.68. The van der Waals surface area contributed by atoms with Gasteiger partial charge in [-0.2, -0.15) is 0 Å². The molecule has 0 saturated heterocycles. The summed E-state index contributed by atoms with van der Waals surface area (Å²) in [7, 11) is 0. The van der Waals surface area contributed by atoms with Crippen molar-refractivity contribution in [1.29, 1.82) is 0 Å². The standard InChI is InChI=1S/C14H12N4/c1-10-7-8-12(11-5-3-2-4-6-11)13(9-10)14-15-17-18-16-14/h2-9,14H,1H3. The lowest BCUT2D eigenvalue weighted by Gasteiger charge is -2.11. The van der Waals surface area contributed by atoms with Crippen molar-refractivity contribution in [2.75, 3.05) is 0 Å². The molecule has 0 fully saturated rings. The lowest BCUT2D eigenvalue weighted by Crippen LogP contribution is -1.94. The monoisotopic (exact) mass is 236 g/mol. The molecular weight excluding hydrogens is 224 g/mol. The van der Waals surface area contributed by atoms with E-state index in [9.17, 15) is 0 Å². The van der Waals surface area contributed by atoms with Gasteiger partial charge in [0.1, 0.15) is 0 Å². The maximum atomic E-state index is 4.02. The molecule has 0 amide bonds. The summed E-state index contributed by atoms with van der Waals surface area (Å²) in [5.41, 5.74) is 4.52. The van der Waals surface area contributed by atoms with E-state index in [1.807, 2.05) is 18.2 Å². The molecule has 0 atom stereocenters. The molecule has 2 aromatic rings. The van der Waals surface area contributed by atoms with Gasteiger partial charge in [-0.3, -0.25) is 0 Å². The largest absolute Gasteiger partial charge is 0.211 e. The zero-order valence-electron chi connectivity index (χ0n) is 9.99. The fourth-order valence-corrected chi connectivity index (χ4v) is 2.07. The Morgan fingerprint density at radius 2 is 1.61 bits per heavy atom. The van der Waals surface area contributed by atoms with Crippen LogP contribution in [0.3, 0.4) is 0 Å². The van der Waals surface area contributed by atoms with Crippen molar-refractivity contribution in [3.8, 4) is 11.1 Å². The van der Waals surface area contributed by atoms with Gasteiger partial charge in [0.05, 0.1) is 0 Å². The molecule has 4 heteroatoms. The molecule has 0 radical (unpaired) electrons. The van der Waals surface area contributed by atoms with Crippen molar-refractivity contribution < 1.29 is 0 Å². The summed E-state index contributed by atoms with van der Waals surface area (Å²) in [6.45, 7) is 2.06. The smallest absolute Gasteiger partial charge is 0.133 e. The molecule has 0 N–H and O–H groups in total. The summed E-state index contributed by atoms with van der Waals surface area (Å²) in [5.74, 6) is 0. The zero-order valence-corrected chi connectivity index (χ0v) is 9.99. The van der Waals surface area contributed by atoms with Crippen LogP contribution in [-0.4, -0.2) is 0 Å². The first-order valence-corrected chi connectivity index (χ1v) is 5.80. The molecule has 1 heterocycles. The lowest BCUT2D eigenvalue weighted by molar-refractivity contribution is 0.766. The minimum Gasteiger partial charge on any atom is -0.133 e. The Morgan fingerprint density at radius 3 is 2.33 bits per heavy atom. The van der Waals surface area contributed by atoms with E-state index in [0.717, 1.165) is 16.7 Å². The molecule has 0 aliphatic carbocycles. The van der Waals surface area contributed by atoms with Gasteiger partial charge >= 0.3 is 0 Å². The topological polar surface area (TPSA) is 49.4 Å². The predicted molar refractivity (Wildman–Crippen MR) is 69.1 cm³/mol. The molecule has 0 bridgehead atoms. The number of hydrogen-bond acceptors (Lipinski definition) is 4. The van der Waals surface area contributed by atoms with Gasteiger partial charge in [0.2, 0.25) is 6.17 Å². The number of hydrogen-bond donors (Lipinski definition) is 0. The van der Waals surface area contributed by atoms with Crippen LogP contribution in [0.1, 0.15) is 17.3 Å². The highest BCUT2D eigenvalue weighted by molar-refractivity contribution is 5.68. The van der Waals surface area contributed by atoms with Gasteiger partial charge in [-0.25, -0.2) is 0 Å². The summed E-state index contributed by atoms with van der Waals surface area (Å²) in [6.07, 6.45) is -0.305. The molecule has 1 aliphatic rings. The Labute approximate surface area is 105 Å². The lowest BCUT2D eigenvalue weighted by atomic mass is 9.96. The average molecular weight is 236 g/mol. The van der Waals surface area contributed by atoms with Gasteiger partial charge in [-0.05, 0) is 28.5 Å².